The number of fused-ring (bicyclic) bond motifs is 2. The number of hydrogen-bond acceptors (Lipinski definition) is 5. The Kier molecular flexibility index (Phi) is 7.07. The quantitative estimate of drug-likeness (QED) is 0.154. The highest BCUT2D eigenvalue weighted by atomic mass is 32.2. The van der Waals surface area contributed by atoms with E-state index in [4.69, 9.17) is 9.47 Å². The van der Waals surface area contributed by atoms with Gasteiger partial charge in [0.1, 0.15) is 23.1 Å². The Balaban J connectivity index is 1.23. The largest absolute Gasteiger partial charge is 0.493 e. The number of H-pyrrole nitrogens is 2. The fourth-order valence-electron chi connectivity index (χ4n) is 5.74. The van der Waals surface area contributed by atoms with Gasteiger partial charge in [0.25, 0.3) is 0 Å². The number of carbonyl (C=O) groups is 1. The number of thioether (sulfide) groups is 1. The molecule has 1 fully saturated rings. The SMILES string of the molecule is C[C@]1(c2cnc(-c3cc(Oc4c(F)c(F)c5[nH]ccc5c4SC4CC4)ccc3F)[nH]2)CCOc2c(CCC(=O)O)cccc21. The molecule has 0 saturated heterocycles. The molecule has 0 bridgehead atoms. The van der Waals surface area contributed by atoms with Gasteiger partial charge in [-0.1, -0.05) is 18.2 Å². The van der Waals surface area contributed by atoms with E-state index >= 15 is 8.78 Å². The number of aromatic nitrogens is 3. The Bertz CT molecular complexity index is 1920. The molecule has 0 radical (unpaired) electrons. The summed E-state index contributed by atoms with van der Waals surface area (Å²) in [6.45, 7) is 2.45. The lowest BCUT2D eigenvalue weighted by molar-refractivity contribution is -0.136. The first-order chi connectivity index (χ1) is 21.2. The second kappa shape index (κ2) is 11.0. The highest BCUT2D eigenvalue weighted by molar-refractivity contribution is 8.00. The lowest BCUT2D eigenvalue weighted by Gasteiger charge is -2.36. The molecule has 0 unspecified atom stereocenters. The van der Waals surface area contributed by atoms with Crippen LogP contribution in [-0.4, -0.2) is 37.9 Å². The molecule has 44 heavy (non-hydrogen) atoms. The minimum Gasteiger partial charge on any atom is -0.493 e. The van der Waals surface area contributed by atoms with Crippen molar-refractivity contribution in [3.05, 3.63) is 89.1 Å². The number of imidazole rings is 1. The fourth-order valence-corrected chi connectivity index (χ4v) is 6.98. The molecule has 2 aliphatic rings. The summed E-state index contributed by atoms with van der Waals surface area (Å²) in [4.78, 5) is 22.2. The molecule has 1 saturated carbocycles. The molecule has 0 spiro atoms. The van der Waals surface area contributed by atoms with Gasteiger partial charge in [0.05, 0.1) is 22.6 Å². The molecule has 1 atom stereocenters. The fraction of sp³-hybridized carbons (Fsp3) is 0.273. The maximum atomic E-state index is 15.4. The minimum atomic E-state index is -1.11. The van der Waals surface area contributed by atoms with Crippen LogP contribution in [0.15, 0.2) is 59.8 Å². The van der Waals surface area contributed by atoms with Crippen molar-refractivity contribution in [1.29, 1.82) is 0 Å². The Labute approximate surface area is 254 Å². The van der Waals surface area contributed by atoms with Crippen molar-refractivity contribution < 1.29 is 32.5 Å². The average Bonchev–Trinajstić information content (AvgIpc) is 3.46. The van der Waals surface area contributed by atoms with Gasteiger partial charge in [-0.3, -0.25) is 4.79 Å². The molecule has 7 rings (SSSR count). The summed E-state index contributed by atoms with van der Waals surface area (Å²) in [5.41, 5.74) is 2.06. The third-order valence-electron chi connectivity index (χ3n) is 8.35. The van der Waals surface area contributed by atoms with Crippen molar-refractivity contribution in [1.82, 2.24) is 15.0 Å². The van der Waals surface area contributed by atoms with Crippen LogP contribution >= 0.6 is 11.8 Å². The van der Waals surface area contributed by atoms with E-state index in [2.05, 4.69) is 15.0 Å². The van der Waals surface area contributed by atoms with Crippen LogP contribution in [-0.2, 0) is 16.6 Å². The maximum absolute atomic E-state index is 15.4. The lowest BCUT2D eigenvalue weighted by Crippen LogP contribution is -2.32. The molecule has 3 N–H and O–H groups in total. The van der Waals surface area contributed by atoms with Crippen molar-refractivity contribution in [3.8, 4) is 28.6 Å². The summed E-state index contributed by atoms with van der Waals surface area (Å²) in [5.74, 6) is -2.77. The predicted molar refractivity (Wildman–Crippen MR) is 160 cm³/mol. The standard InChI is InChI=1S/C33H28F3N3O4S/c1-33(12-14-42-29-17(5-10-25(40)41)3-2-4-22(29)33)24-16-38-32(39-24)21-15-18(6-9-23(21)34)43-30-27(36)26(35)28-20(11-13-37-28)31(30)44-19-7-8-19/h2-4,6,9,11,13,15-16,19,37H,5,7-8,10,12,14H2,1H3,(H,38,39)(H,40,41)/t33-/m0/s1. The normalized spacial score (nSPS) is 17.8. The summed E-state index contributed by atoms with van der Waals surface area (Å²) in [6.07, 6.45) is 6.12. The van der Waals surface area contributed by atoms with Gasteiger partial charge in [0.15, 0.2) is 11.6 Å². The molecule has 7 nitrogen and oxygen atoms in total. The van der Waals surface area contributed by atoms with Gasteiger partial charge in [0, 0.05) is 46.1 Å². The number of nitrogens with one attached hydrogen (secondary N) is 2. The topological polar surface area (TPSA) is 100 Å². The number of ether oxygens (including phenoxy) is 2. The number of aromatic amines is 2. The molecule has 2 aromatic heterocycles. The smallest absolute Gasteiger partial charge is 0.303 e. The first kappa shape index (κ1) is 28.4. The Hall–Kier alpha value is -4.38. The second-order valence-corrected chi connectivity index (χ2v) is 12.7. The third-order valence-corrected chi connectivity index (χ3v) is 9.79. The van der Waals surface area contributed by atoms with Gasteiger partial charge in [-0.15, -0.1) is 11.8 Å². The van der Waals surface area contributed by atoms with E-state index < -0.39 is 28.8 Å². The number of hydrogen-bond donors (Lipinski definition) is 3. The first-order valence-electron chi connectivity index (χ1n) is 14.4. The van der Waals surface area contributed by atoms with Crippen LogP contribution in [0.4, 0.5) is 13.2 Å². The predicted octanol–water partition coefficient (Wildman–Crippen LogP) is 8.13. The molecule has 11 heteroatoms. The number of nitrogens with zero attached hydrogens (tertiary/aromatic N) is 1. The summed E-state index contributed by atoms with van der Waals surface area (Å²) < 4.78 is 57.5. The molecular formula is C33H28F3N3O4S. The van der Waals surface area contributed by atoms with Gasteiger partial charge in [-0.25, -0.2) is 13.8 Å². The van der Waals surface area contributed by atoms with Crippen molar-refractivity contribution in [2.24, 2.45) is 0 Å². The first-order valence-corrected chi connectivity index (χ1v) is 15.3. The van der Waals surface area contributed by atoms with E-state index in [-0.39, 0.29) is 34.8 Å². The average molecular weight is 620 g/mol. The van der Waals surface area contributed by atoms with Crippen molar-refractivity contribution in [2.75, 3.05) is 6.61 Å². The van der Waals surface area contributed by atoms with Crippen LogP contribution in [0.5, 0.6) is 17.2 Å². The van der Waals surface area contributed by atoms with Crippen LogP contribution < -0.4 is 9.47 Å². The van der Waals surface area contributed by atoms with E-state index in [1.807, 2.05) is 25.1 Å². The zero-order valence-corrected chi connectivity index (χ0v) is 24.5. The monoisotopic (exact) mass is 619 g/mol. The third kappa shape index (κ3) is 4.98. The zero-order valence-electron chi connectivity index (χ0n) is 23.7. The van der Waals surface area contributed by atoms with Crippen molar-refractivity contribution in [2.45, 2.75) is 54.6 Å². The summed E-state index contributed by atoms with van der Waals surface area (Å²) >= 11 is 1.45. The van der Waals surface area contributed by atoms with Gasteiger partial charge >= 0.3 is 5.97 Å². The van der Waals surface area contributed by atoms with Crippen LogP contribution in [0, 0.1) is 17.5 Å². The van der Waals surface area contributed by atoms with E-state index in [9.17, 15) is 14.3 Å². The van der Waals surface area contributed by atoms with Crippen molar-refractivity contribution in [3.63, 3.8) is 0 Å². The van der Waals surface area contributed by atoms with Crippen LogP contribution in [0.3, 0.4) is 0 Å². The molecule has 5 aromatic rings. The number of benzene rings is 3. The molecule has 3 aromatic carbocycles. The molecular weight excluding hydrogens is 591 g/mol. The van der Waals surface area contributed by atoms with Gasteiger partial charge in [-0.2, -0.15) is 4.39 Å². The van der Waals surface area contributed by atoms with Gasteiger partial charge in [0.2, 0.25) is 5.82 Å². The van der Waals surface area contributed by atoms with Crippen LogP contribution in [0.1, 0.15) is 49.4 Å². The number of rotatable bonds is 9. The Morgan fingerprint density at radius 1 is 1.18 bits per heavy atom. The highest BCUT2D eigenvalue weighted by Gasteiger charge is 2.38. The lowest BCUT2D eigenvalue weighted by atomic mass is 9.74. The maximum Gasteiger partial charge on any atom is 0.303 e. The number of para-hydroxylation sites is 1. The number of aryl methyl sites for hydroxylation is 1. The number of carboxylic acid groups (broad SMARTS) is 1. The molecule has 1 aliphatic carbocycles. The number of aliphatic carboxylic acids is 1. The molecule has 0 amide bonds. The summed E-state index contributed by atoms with van der Waals surface area (Å²) in [6, 6.07) is 11.4. The van der Waals surface area contributed by atoms with Gasteiger partial charge < -0.3 is 24.5 Å². The minimum absolute atomic E-state index is 0.0151. The highest BCUT2D eigenvalue weighted by Crippen LogP contribution is 2.49. The molecule has 1 aliphatic heterocycles. The molecule has 3 heterocycles. The molecule has 226 valence electrons. The van der Waals surface area contributed by atoms with E-state index in [1.165, 1.54) is 30.0 Å². The second-order valence-electron chi connectivity index (χ2n) is 11.4. The van der Waals surface area contributed by atoms with E-state index in [0.29, 0.717) is 40.7 Å². The number of carboxylic acids is 1. The Morgan fingerprint density at radius 3 is 2.82 bits per heavy atom. The summed E-state index contributed by atoms with van der Waals surface area (Å²) in [7, 11) is 0. The van der Waals surface area contributed by atoms with E-state index in [0.717, 1.165) is 29.7 Å². The summed E-state index contributed by atoms with van der Waals surface area (Å²) in [5, 5.41) is 10.0. The van der Waals surface area contributed by atoms with Crippen LogP contribution in [0.2, 0.25) is 0 Å². The number of halogens is 3. The van der Waals surface area contributed by atoms with Crippen molar-refractivity contribution >= 4 is 28.6 Å². The zero-order chi connectivity index (χ0) is 30.6. The Morgan fingerprint density at radius 2 is 2.02 bits per heavy atom. The van der Waals surface area contributed by atoms with Crippen LogP contribution in [0.25, 0.3) is 22.3 Å². The van der Waals surface area contributed by atoms with Gasteiger partial charge in [-0.05, 0) is 62.4 Å². The van der Waals surface area contributed by atoms with E-state index in [1.54, 1.807) is 18.5 Å².